The van der Waals surface area contributed by atoms with Crippen LogP contribution in [-0.4, -0.2) is 26.9 Å². The summed E-state index contributed by atoms with van der Waals surface area (Å²) < 4.78 is 33.1. The number of amides is 1. The van der Waals surface area contributed by atoms with Gasteiger partial charge in [0.25, 0.3) is 15.9 Å². The number of benzene rings is 3. The van der Waals surface area contributed by atoms with Crippen LogP contribution in [0.1, 0.15) is 33.2 Å². The van der Waals surface area contributed by atoms with Crippen molar-refractivity contribution in [2.24, 2.45) is 0 Å². The summed E-state index contributed by atoms with van der Waals surface area (Å²) in [6.45, 7) is 3.79. The lowest BCUT2D eigenvalue weighted by atomic mass is 10.2. The Morgan fingerprint density at radius 3 is 2.21 bits per heavy atom. The van der Waals surface area contributed by atoms with E-state index in [9.17, 15) is 18.0 Å². The summed E-state index contributed by atoms with van der Waals surface area (Å²) in [5.41, 5.74) is 1.87. The van der Waals surface area contributed by atoms with Crippen LogP contribution >= 0.6 is 23.2 Å². The van der Waals surface area contributed by atoms with Crippen LogP contribution in [0.15, 0.2) is 65.6 Å². The van der Waals surface area contributed by atoms with Gasteiger partial charge in [-0.3, -0.25) is 9.52 Å². The summed E-state index contributed by atoms with van der Waals surface area (Å²) in [6.07, 6.45) is 0. The minimum Gasteiger partial charge on any atom is -0.462 e. The van der Waals surface area contributed by atoms with Crippen LogP contribution in [0.25, 0.3) is 0 Å². The van der Waals surface area contributed by atoms with Crippen LogP contribution in [0.4, 0.5) is 11.4 Å². The number of halogens is 2. The fourth-order valence-electron chi connectivity index (χ4n) is 2.83. The first-order valence-corrected chi connectivity index (χ1v) is 12.0. The third kappa shape index (κ3) is 6.04. The van der Waals surface area contributed by atoms with Gasteiger partial charge in [-0.25, -0.2) is 13.2 Å². The number of nitrogens with one attached hydrogen (secondary N) is 2. The Balaban J connectivity index is 1.83. The number of hydrogen-bond acceptors (Lipinski definition) is 5. The van der Waals surface area contributed by atoms with E-state index in [1.165, 1.54) is 36.4 Å². The van der Waals surface area contributed by atoms with Crippen LogP contribution in [0.2, 0.25) is 10.0 Å². The normalized spacial score (nSPS) is 11.0. The van der Waals surface area contributed by atoms with Gasteiger partial charge in [-0.1, -0.05) is 40.9 Å². The van der Waals surface area contributed by atoms with E-state index in [0.29, 0.717) is 5.69 Å². The number of ether oxygens (including phenoxy) is 1. The van der Waals surface area contributed by atoms with Crippen molar-refractivity contribution in [3.63, 3.8) is 0 Å². The van der Waals surface area contributed by atoms with Crippen molar-refractivity contribution < 1.29 is 22.7 Å². The van der Waals surface area contributed by atoms with E-state index < -0.39 is 21.9 Å². The lowest BCUT2D eigenvalue weighted by Gasteiger charge is -2.12. The lowest BCUT2D eigenvalue weighted by molar-refractivity contribution is 0.0526. The van der Waals surface area contributed by atoms with Crippen molar-refractivity contribution in [2.75, 3.05) is 16.6 Å². The van der Waals surface area contributed by atoms with E-state index in [1.807, 2.05) is 6.92 Å². The molecule has 0 saturated heterocycles. The molecule has 0 unspecified atom stereocenters. The molecule has 3 aromatic carbocycles. The lowest BCUT2D eigenvalue weighted by Crippen LogP contribution is -2.16. The summed E-state index contributed by atoms with van der Waals surface area (Å²) in [5.74, 6) is -1.14. The minimum atomic E-state index is -4.05. The van der Waals surface area contributed by atoms with Crippen molar-refractivity contribution in [1.29, 1.82) is 0 Å². The third-order valence-electron chi connectivity index (χ3n) is 4.52. The van der Waals surface area contributed by atoms with Gasteiger partial charge in [-0.05, 0) is 62.4 Å². The molecule has 0 saturated carbocycles. The Hall–Kier alpha value is -3.07. The summed E-state index contributed by atoms with van der Waals surface area (Å²) in [6, 6.07) is 15.0. The van der Waals surface area contributed by atoms with Crippen molar-refractivity contribution >= 4 is 56.5 Å². The smallest absolute Gasteiger partial charge is 0.338 e. The number of aryl methyl sites for hydroxylation is 1. The largest absolute Gasteiger partial charge is 0.462 e. The van der Waals surface area contributed by atoms with Gasteiger partial charge >= 0.3 is 5.97 Å². The quantitative estimate of drug-likeness (QED) is 0.410. The molecule has 0 radical (unpaired) electrons. The summed E-state index contributed by atoms with van der Waals surface area (Å²) in [7, 11) is -4.05. The van der Waals surface area contributed by atoms with Gasteiger partial charge in [0.15, 0.2) is 0 Å². The van der Waals surface area contributed by atoms with Gasteiger partial charge < -0.3 is 10.1 Å². The zero-order chi connectivity index (χ0) is 24.2. The first kappa shape index (κ1) is 24.6. The highest BCUT2D eigenvalue weighted by Crippen LogP contribution is 2.27. The van der Waals surface area contributed by atoms with Crippen molar-refractivity contribution in [2.45, 2.75) is 18.7 Å². The Labute approximate surface area is 201 Å². The molecule has 0 spiro atoms. The van der Waals surface area contributed by atoms with E-state index in [1.54, 1.807) is 31.2 Å². The van der Waals surface area contributed by atoms with Crippen molar-refractivity contribution in [3.8, 4) is 0 Å². The average molecular weight is 507 g/mol. The van der Waals surface area contributed by atoms with Gasteiger partial charge in [-0.2, -0.15) is 0 Å². The predicted molar refractivity (Wildman–Crippen MR) is 129 cm³/mol. The molecule has 0 atom stereocenters. The molecule has 7 nitrogen and oxygen atoms in total. The van der Waals surface area contributed by atoms with Crippen molar-refractivity contribution in [1.82, 2.24) is 0 Å². The second-order valence-corrected chi connectivity index (χ2v) is 9.45. The zero-order valence-corrected chi connectivity index (χ0v) is 20.0. The zero-order valence-electron chi connectivity index (χ0n) is 17.7. The fraction of sp³-hybridized carbons (Fsp3) is 0.130. The molecule has 0 aromatic heterocycles. The number of carbonyl (C=O) groups excluding carboxylic acids is 2. The minimum absolute atomic E-state index is 0.0389. The number of rotatable bonds is 7. The number of sulfonamides is 1. The first-order chi connectivity index (χ1) is 15.6. The SMILES string of the molecule is CCOC(=O)c1ccc(NC(=O)c2ccc(Cl)c(S(=O)(=O)Nc3ccc(C)cc3)c2)c(Cl)c1. The molecule has 0 bridgehead atoms. The third-order valence-corrected chi connectivity index (χ3v) is 6.69. The molecule has 0 fully saturated rings. The van der Waals surface area contributed by atoms with Crippen LogP contribution in [-0.2, 0) is 14.8 Å². The van der Waals surface area contributed by atoms with E-state index in [4.69, 9.17) is 27.9 Å². The molecule has 0 heterocycles. The maximum absolute atomic E-state index is 12.9. The van der Waals surface area contributed by atoms with Gasteiger partial charge in [0.2, 0.25) is 0 Å². The molecule has 3 rings (SSSR count). The molecular formula is C23H20Cl2N2O5S. The van der Waals surface area contributed by atoms with E-state index in [2.05, 4.69) is 10.0 Å². The van der Waals surface area contributed by atoms with Gasteiger partial charge in [-0.15, -0.1) is 0 Å². The Morgan fingerprint density at radius 1 is 0.909 bits per heavy atom. The molecule has 172 valence electrons. The van der Waals surface area contributed by atoms with Crippen LogP contribution < -0.4 is 10.0 Å². The second kappa shape index (κ2) is 10.2. The molecule has 33 heavy (non-hydrogen) atoms. The number of anilines is 2. The molecule has 10 heteroatoms. The summed E-state index contributed by atoms with van der Waals surface area (Å²) in [5, 5.41) is 2.68. The van der Waals surface area contributed by atoms with Gasteiger partial charge in [0.1, 0.15) is 4.90 Å². The van der Waals surface area contributed by atoms with Crippen LogP contribution in [0.3, 0.4) is 0 Å². The molecule has 0 aliphatic heterocycles. The summed E-state index contributed by atoms with van der Waals surface area (Å²) in [4.78, 5) is 24.3. The molecule has 0 aliphatic carbocycles. The van der Waals surface area contributed by atoms with Crippen LogP contribution in [0, 0.1) is 6.92 Å². The Morgan fingerprint density at radius 2 is 1.58 bits per heavy atom. The van der Waals surface area contributed by atoms with E-state index >= 15 is 0 Å². The highest BCUT2D eigenvalue weighted by molar-refractivity contribution is 7.92. The van der Waals surface area contributed by atoms with E-state index in [0.717, 1.165) is 5.56 Å². The Kier molecular flexibility index (Phi) is 7.63. The highest BCUT2D eigenvalue weighted by atomic mass is 35.5. The molecule has 2 N–H and O–H groups in total. The predicted octanol–water partition coefficient (Wildman–Crippen LogP) is 5.53. The molecule has 0 aliphatic rings. The highest BCUT2D eigenvalue weighted by Gasteiger charge is 2.21. The number of esters is 1. The van der Waals surface area contributed by atoms with Crippen LogP contribution in [0.5, 0.6) is 0 Å². The Bertz CT molecular complexity index is 1310. The number of hydrogen-bond donors (Lipinski definition) is 2. The van der Waals surface area contributed by atoms with E-state index in [-0.39, 0.29) is 38.4 Å². The van der Waals surface area contributed by atoms with Gasteiger partial charge in [0, 0.05) is 11.3 Å². The molecular weight excluding hydrogens is 487 g/mol. The molecule has 3 aromatic rings. The molecule has 1 amide bonds. The van der Waals surface area contributed by atoms with Crippen molar-refractivity contribution in [3.05, 3.63) is 87.4 Å². The summed E-state index contributed by atoms with van der Waals surface area (Å²) >= 11 is 12.3. The monoisotopic (exact) mass is 506 g/mol. The maximum Gasteiger partial charge on any atom is 0.338 e. The average Bonchev–Trinajstić information content (AvgIpc) is 2.76. The standard InChI is InChI=1S/C23H20Cl2N2O5S/c1-3-32-23(29)16-7-11-20(19(25)12-16)26-22(28)15-6-10-18(24)21(13-15)33(30,31)27-17-8-4-14(2)5-9-17/h4-13,27H,3H2,1-2H3,(H,26,28). The fourth-order valence-corrected chi connectivity index (χ4v) is 4.65. The topological polar surface area (TPSA) is 102 Å². The maximum atomic E-state index is 12.9. The number of carbonyl (C=O) groups is 2. The second-order valence-electron chi connectivity index (χ2n) is 6.99. The van der Waals surface area contributed by atoms with Gasteiger partial charge in [0.05, 0.1) is 27.9 Å². The first-order valence-electron chi connectivity index (χ1n) is 9.78.